The Balaban J connectivity index is 1.52. The number of para-hydroxylation sites is 1. The lowest BCUT2D eigenvalue weighted by Crippen LogP contribution is -2.37. The standard InChI is InChI=1S/C24H21N3O5S/c1-31-23(30)16-9-11-17(12-10-16)25-21(28)14-20-22(29)27(18-6-3-2-4-7-18)24(33)26(20)15-19-8-5-13-32-19/h2-13,20H,14-15H2,1H3,(H,25,28)/t20-/m1/s1. The van der Waals surface area contributed by atoms with Gasteiger partial charge in [-0.1, -0.05) is 18.2 Å². The van der Waals surface area contributed by atoms with Crippen molar-refractivity contribution in [1.29, 1.82) is 0 Å². The molecule has 1 atom stereocenters. The van der Waals surface area contributed by atoms with Gasteiger partial charge in [-0.3, -0.25) is 14.5 Å². The molecule has 8 nitrogen and oxygen atoms in total. The molecule has 1 aromatic heterocycles. The van der Waals surface area contributed by atoms with Crippen molar-refractivity contribution >= 4 is 46.5 Å². The van der Waals surface area contributed by atoms with E-state index >= 15 is 0 Å². The van der Waals surface area contributed by atoms with E-state index in [-0.39, 0.29) is 24.8 Å². The molecule has 9 heteroatoms. The number of esters is 1. The second-order valence-corrected chi connectivity index (χ2v) is 7.70. The molecule has 0 bridgehead atoms. The van der Waals surface area contributed by atoms with E-state index in [0.717, 1.165) is 0 Å². The summed E-state index contributed by atoms with van der Waals surface area (Å²) in [6, 6.07) is 18.1. The topological polar surface area (TPSA) is 92.1 Å². The zero-order valence-electron chi connectivity index (χ0n) is 17.8. The fourth-order valence-corrected chi connectivity index (χ4v) is 3.98. The molecule has 0 unspecified atom stereocenters. The second kappa shape index (κ2) is 9.66. The van der Waals surface area contributed by atoms with E-state index in [1.54, 1.807) is 59.7 Å². The Morgan fingerprint density at radius 3 is 2.42 bits per heavy atom. The smallest absolute Gasteiger partial charge is 0.337 e. The molecule has 3 aromatic rings. The molecule has 168 valence electrons. The zero-order chi connectivity index (χ0) is 23.4. The van der Waals surface area contributed by atoms with Crippen molar-refractivity contribution < 1.29 is 23.5 Å². The van der Waals surface area contributed by atoms with Gasteiger partial charge in [-0.15, -0.1) is 0 Å². The molecule has 1 aliphatic heterocycles. The largest absolute Gasteiger partial charge is 0.467 e. The number of furan rings is 1. The highest BCUT2D eigenvalue weighted by Crippen LogP contribution is 2.29. The molecule has 2 aromatic carbocycles. The summed E-state index contributed by atoms with van der Waals surface area (Å²) in [4.78, 5) is 40.9. The first-order valence-electron chi connectivity index (χ1n) is 10.2. The molecule has 0 radical (unpaired) electrons. The average Bonchev–Trinajstić information content (AvgIpc) is 3.42. The van der Waals surface area contributed by atoms with Gasteiger partial charge in [0, 0.05) is 5.69 Å². The van der Waals surface area contributed by atoms with Crippen LogP contribution < -0.4 is 10.2 Å². The Hall–Kier alpha value is -3.98. The number of hydrogen-bond donors (Lipinski definition) is 1. The van der Waals surface area contributed by atoms with E-state index in [4.69, 9.17) is 16.6 Å². The van der Waals surface area contributed by atoms with Gasteiger partial charge >= 0.3 is 5.97 Å². The van der Waals surface area contributed by atoms with E-state index in [1.165, 1.54) is 12.0 Å². The molecule has 1 fully saturated rings. The van der Waals surface area contributed by atoms with Crippen molar-refractivity contribution in [2.45, 2.75) is 19.0 Å². The van der Waals surface area contributed by atoms with Gasteiger partial charge in [0.15, 0.2) is 5.11 Å². The molecule has 2 heterocycles. The van der Waals surface area contributed by atoms with Crippen molar-refractivity contribution in [2.75, 3.05) is 17.3 Å². The normalized spacial score (nSPS) is 15.6. The summed E-state index contributed by atoms with van der Waals surface area (Å²) in [7, 11) is 1.30. The van der Waals surface area contributed by atoms with E-state index in [1.807, 2.05) is 18.2 Å². The summed E-state index contributed by atoms with van der Waals surface area (Å²) in [6.45, 7) is 0.257. The number of amides is 2. The molecule has 1 N–H and O–H groups in total. The van der Waals surface area contributed by atoms with Gasteiger partial charge in [0.2, 0.25) is 5.91 Å². The first kappa shape index (κ1) is 22.2. The van der Waals surface area contributed by atoms with E-state index in [9.17, 15) is 14.4 Å². The van der Waals surface area contributed by atoms with Crippen LogP contribution >= 0.6 is 12.2 Å². The Labute approximate surface area is 195 Å². The molecular formula is C24H21N3O5S. The van der Waals surface area contributed by atoms with E-state index < -0.39 is 12.0 Å². The minimum Gasteiger partial charge on any atom is -0.467 e. The van der Waals surface area contributed by atoms with Crippen LogP contribution in [0.1, 0.15) is 22.5 Å². The van der Waals surface area contributed by atoms with Crippen LogP contribution in [0.5, 0.6) is 0 Å². The average molecular weight is 464 g/mol. The first-order chi connectivity index (χ1) is 16.0. The molecule has 2 amide bonds. The van der Waals surface area contributed by atoms with Gasteiger partial charge < -0.3 is 19.4 Å². The monoisotopic (exact) mass is 463 g/mol. The van der Waals surface area contributed by atoms with Crippen LogP contribution in [0, 0.1) is 0 Å². The fourth-order valence-electron chi connectivity index (χ4n) is 3.59. The number of methoxy groups -OCH3 is 1. The number of hydrogen-bond acceptors (Lipinski definition) is 6. The molecular weight excluding hydrogens is 442 g/mol. The minimum absolute atomic E-state index is 0.109. The Kier molecular flexibility index (Phi) is 6.50. The van der Waals surface area contributed by atoms with E-state index in [2.05, 4.69) is 10.1 Å². The number of thiocarbonyl (C=S) groups is 1. The summed E-state index contributed by atoms with van der Waals surface area (Å²) in [5, 5.41) is 3.08. The predicted molar refractivity (Wildman–Crippen MR) is 126 cm³/mol. The number of carbonyl (C=O) groups excluding carboxylic acids is 3. The first-order valence-corrected chi connectivity index (χ1v) is 10.6. The number of benzene rings is 2. The molecule has 4 rings (SSSR count). The van der Waals surface area contributed by atoms with Crippen molar-refractivity contribution in [2.24, 2.45) is 0 Å². The van der Waals surface area contributed by atoms with Crippen molar-refractivity contribution in [3.63, 3.8) is 0 Å². The number of anilines is 2. The molecule has 1 saturated heterocycles. The quantitative estimate of drug-likeness (QED) is 0.423. The highest BCUT2D eigenvalue weighted by molar-refractivity contribution is 7.80. The Morgan fingerprint density at radius 1 is 1.06 bits per heavy atom. The Morgan fingerprint density at radius 2 is 1.79 bits per heavy atom. The molecule has 33 heavy (non-hydrogen) atoms. The number of nitrogens with one attached hydrogen (secondary N) is 1. The predicted octanol–water partition coefficient (Wildman–Crippen LogP) is 3.60. The summed E-state index contributed by atoms with van der Waals surface area (Å²) < 4.78 is 10.1. The summed E-state index contributed by atoms with van der Waals surface area (Å²) in [6.07, 6.45) is 1.44. The summed E-state index contributed by atoms with van der Waals surface area (Å²) in [5.41, 5.74) is 1.51. The second-order valence-electron chi connectivity index (χ2n) is 7.34. The van der Waals surface area contributed by atoms with Crippen LogP contribution in [-0.4, -0.2) is 40.9 Å². The maximum absolute atomic E-state index is 13.3. The lowest BCUT2D eigenvalue weighted by molar-refractivity contribution is -0.124. The summed E-state index contributed by atoms with van der Waals surface area (Å²) in [5.74, 6) is -0.480. The summed E-state index contributed by atoms with van der Waals surface area (Å²) >= 11 is 5.62. The lowest BCUT2D eigenvalue weighted by Gasteiger charge is -2.22. The number of carbonyl (C=O) groups is 3. The fraction of sp³-hybridized carbons (Fsp3) is 0.167. The highest BCUT2D eigenvalue weighted by Gasteiger charge is 2.44. The van der Waals surface area contributed by atoms with Gasteiger partial charge in [-0.05, 0) is 60.7 Å². The zero-order valence-corrected chi connectivity index (χ0v) is 18.6. The SMILES string of the molecule is COC(=O)c1ccc(NC(=O)C[C@@H]2C(=O)N(c3ccccc3)C(=S)N2Cc2ccco2)cc1. The molecule has 0 spiro atoms. The lowest BCUT2D eigenvalue weighted by atomic mass is 10.1. The van der Waals surface area contributed by atoms with Crippen LogP contribution in [-0.2, 0) is 20.9 Å². The number of rotatable bonds is 7. The number of ether oxygens (including phenoxy) is 1. The maximum Gasteiger partial charge on any atom is 0.337 e. The van der Waals surface area contributed by atoms with Gasteiger partial charge in [0.05, 0.1) is 37.6 Å². The van der Waals surface area contributed by atoms with E-state index in [0.29, 0.717) is 27.8 Å². The third-order valence-corrected chi connectivity index (χ3v) is 5.62. The van der Waals surface area contributed by atoms with Gasteiger partial charge in [0.1, 0.15) is 11.8 Å². The third-order valence-electron chi connectivity index (χ3n) is 5.21. The van der Waals surface area contributed by atoms with Gasteiger partial charge in [0.25, 0.3) is 5.91 Å². The highest BCUT2D eigenvalue weighted by atomic mass is 32.1. The van der Waals surface area contributed by atoms with Crippen molar-refractivity contribution in [3.8, 4) is 0 Å². The molecule has 0 saturated carbocycles. The van der Waals surface area contributed by atoms with Gasteiger partial charge in [-0.2, -0.15) is 0 Å². The minimum atomic E-state index is -0.794. The Bertz CT molecular complexity index is 1160. The van der Waals surface area contributed by atoms with Gasteiger partial charge in [-0.25, -0.2) is 4.79 Å². The van der Waals surface area contributed by atoms with Crippen LogP contribution in [0.2, 0.25) is 0 Å². The molecule has 1 aliphatic rings. The van der Waals surface area contributed by atoms with Crippen LogP contribution in [0.3, 0.4) is 0 Å². The third kappa shape index (κ3) is 4.78. The van der Waals surface area contributed by atoms with Crippen molar-refractivity contribution in [3.05, 3.63) is 84.3 Å². The van der Waals surface area contributed by atoms with Crippen LogP contribution in [0.15, 0.2) is 77.4 Å². The number of nitrogens with zero attached hydrogens (tertiary/aromatic N) is 2. The maximum atomic E-state index is 13.3. The molecule has 0 aliphatic carbocycles. The van der Waals surface area contributed by atoms with Crippen LogP contribution in [0.4, 0.5) is 11.4 Å². The van der Waals surface area contributed by atoms with Crippen LogP contribution in [0.25, 0.3) is 0 Å². The van der Waals surface area contributed by atoms with Crippen molar-refractivity contribution in [1.82, 2.24) is 4.90 Å².